The standard InChI is InChI=1S/C18H15BrClFN4O2/c1-9(2)16-13-5-10(19)3-4-12(13)18(27)25(24-16)8-15(26)23-11-6-14(21)17(20)22-7-11/h3-7,9H,8H2,1-2H3,(H,23,26). The maximum absolute atomic E-state index is 13.5. The predicted molar refractivity (Wildman–Crippen MR) is 106 cm³/mol. The van der Waals surface area contributed by atoms with Crippen molar-refractivity contribution >= 4 is 49.9 Å². The zero-order valence-electron chi connectivity index (χ0n) is 14.5. The summed E-state index contributed by atoms with van der Waals surface area (Å²) in [5, 5.41) is 7.78. The van der Waals surface area contributed by atoms with E-state index in [4.69, 9.17) is 11.6 Å². The van der Waals surface area contributed by atoms with Crippen molar-refractivity contribution < 1.29 is 9.18 Å². The number of anilines is 1. The molecule has 0 bridgehead atoms. The topological polar surface area (TPSA) is 76.9 Å². The smallest absolute Gasteiger partial charge is 0.275 e. The van der Waals surface area contributed by atoms with E-state index in [1.54, 1.807) is 12.1 Å². The maximum atomic E-state index is 13.5. The molecular weight excluding hydrogens is 439 g/mol. The number of rotatable bonds is 4. The van der Waals surface area contributed by atoms with Gasteiger partial charge >= 0.3 is 0 Å². The highest BCUT2D eigenvalue weighted by Gasteiger charge is 2.16. The van der Waals surface area contributed by atoms with Crippen LogP contribution in [0.15, 0.2) is 39.7 Å². The van der Waals surface area contributed by atoms with E-state index >= 15 is 0 Å². The first kappa shape index (κ1) is 19.4. The zero-order chi connectivity index (χ0) is 19.7. The van der Waals surface area contributed by atoms with Crippen LogP contribution in [-0.4, -0.2) is 20.7 Å². The van der Waals surface area contributed by atoms with E-state index in [9.17, 15) is 14.0 Å². The molecule has 9 heteroatoms. The maximum Gasteiger partial charge on any atom is 0.275 e. The third-order valence-electron chi connectivity index (χ3n) is 3.87. The molecule has 1 N–H and O–H groups in total. The Kier molecular flexibility index (Phi) is 5.57. The molecule has 0 aliphatic heterocycles. The van der Waals surface area contributed by atoms with E-state index in [-0.39, 0.29) is 28.9 Å². The van der Waals surface area contributed by atoms with Gasteiger partial charge in [-0.05, 0) is 24.1 Å². The second-order valence-corrected chi connectivity index (χ2v) is 7.51. The van der Waals surface area contributed by atoms with Crippen LogP contribution in [0.5, 0.6) is 0 Å². The first-order chi connectivity index (χ1) is 12.8. The van der Waals surface area contributed by atoms with Gasteiger partial charge in [-0.25, -0.2) is 14.1 Å². The Hall–Kier alpha value is -2.32. The lowest BCUT2D eigenvalue weighted by molar-refractivity contribution is -0.117. The Bertz CT molecular complexity index is 1100. The summed E-state index contributed by atoms with van der Waals surface area (Å²) < 4.78 is 15.4. The van der Waals surface area contributed by atoms with Crippen LogP contribution in [0.2, 0.25) is 5.15 Å². The number of nitrogens with one attached hydrogen (secondary N) is 1. The van der Waals surface area contributed by atoms with E-state index in [0.717, 1.165) is 20.6 Å². The number of amides is 1. The second-order valence-electron chi connectivity index (χ2n) is 6.24. The minimum Gasteiger partial charge on any atom is -0.323 e. The van der Waals surface area contributed by atoms with Gasteiger partial charge in [0, 0.05) is 15.9 Å². The molecule has 140 valence electrons. The number of pyridine rings is 1. The van der Waals surface area contributed by atoms with Crippen molar-refractivity contribution in [2.75, 3.05) is 5.32 Å². The van der Waals surface area contributed by atoms with Crippen LogP contribution < -0.4 is 10.9 Å². The lowest BCUT2D eigenvalue weighted by atomic mass is 10.0. The molecule has 6 nitrogen and oxygen atoms in total. The monoisotopic (exact) mass is 452 g/mol. The average Bonchev–Trinajstić information content (AvgIpc) is 2.60. The highest BCUT2D eigenvalue weighted by Crippen LogP contribution is 2.24. The molecule has 0 spiro atoms. The second kappa shape index (κ2) is 7.74. The van der Waals surface area contributed by atoms with Crippen LogP contribution in [0.3, 0.4) is 0 Å². The molecule has 0 aliphatic rings. The van der Waals surface area contributed by atoms with Crippen LogP contribution in [0.4, 0.5) is 10.1 Å². The minimum atomic E-state index is -0.747. The van der Waals surface area contributed by atoms with Crippen molar-refractivity contribution in [1.82, 2.24) is 14.8 Å². The predicted octanol–water partition coefficient (Wildman–Crippen LogP) is 4.11. The summed E-state index contributed by atoms with van der Waals surface area (Å²) in [4.78, 5) is 28.6. The molecule has 3 aromatic rings. The number of halogens is 3. The van der Waals surface area contributed by atoms with Crippen molar-refractivity contribution in [2.45, 2.75) is 26.3 Å². The van der Waals surface area contributed by atoms with Crippen molar-refractivity contribution in [3.05, 3.63) is 62.0 Å². The Morgan fingerprint density at radius 1 is 1.33 bits per heavy atom. The average molecular weight is 454 g/mol. The molecule has 3 rings (SSSR count). The molecule has 0 atom stereocenters. The molecule has 0 unspecified atom stereocenters. The van der Waals surface area contributed by atoms with Crippen LogP contribution in [0.25, 0.3) is 10.8 Å². The van der Waals surface area contributed by atoms with Crippen molar-refractivity contribution in [3.63, 3.8) is 0 Å². The third-order valence-corrected chi connectivity index (χ3v) is 4.64. The summed E-state index contributed by atoms with van der Waals surface area (Å²) in [5.41, 5.74) is 0.471. The van der Waals surface area contributed by atoms with Crippen LogP contribution >= 0.6 is 27.5 Å². The lowest BCUT2D eigenvalue weighted by Gasteiger charge is -2.13. The van der Waals surface area contributed by atoms with Crippen LogP contribution in [0.1, 0.15) is 25.5 Å². The SMILES string of the molecule is CC(C)c1nn(CC(=O)Nc2cnc(Cl)c(F)c2)c(=O)c2ccc(Br)cc12. The molecule has 27 heavy (non-hydrogen) atoms. The fourth-order valence-electron chi connectivity index (χ4n) is 2.64. The highest BCUT2D eigenvalue weighted by atomic mass is 79.9. The number of fused-ring (bicyclic) bond motifs is 1. The fraction of sp³-hybridized carbons (Fsp3) is 0.222. The van der Waals surface area contributed by atoms with Gasteiger partial charge in [0.25, 0.3) is 5.56 Å². The first-order valence-electron chi connectivity index (χ1n) is 8.07. The fourth-order valence-corrected chi connectivity index (χ4v) is 3.11. The summed E-state index contributed by atoms with van der Waals surface area (Å²) in [6.07, 6.45) is 1.23. The van der Waals surface area contributed by atoms with Gasteiger partial charge in [-0.15, -0.1) is 0 Å². The Morgan fingerprint density at radius 2 is 2.07 bits per heavy atom. The van der Waals surface area contributed by atoms with Crippen molar-refractivity contribution in [1.29, 1.82) is 0 Å². The Balaban J connectivity index is 1.95. The third kappa shape index (κ3) is 4.17. The number of aromatic nitrogens is 3. The number of carbonyl (C=O) groups is 1. The molecule has 2 heterocycles. The van der Waals surface area contributed by atoms with Gasteiger partial charge < -0.3 is 5.32 Å². The molecular formula is C18H15BrClFN4O2. The number of nitrogens with zero attached hydrogens (tertiary/aromatic N) is 3. The van der Waals surface area contributed by atoms with Gasteiger partial charge in [-0.3, -0.25) is 9.59 Å². The van der Waals surface area contributed by atoms with E-state index < -0.39 is 11.7 Å². The quantitative estimate of drug-likeness (QED) is 0.603. The van der Waals surface area contributed by atoms with E-state index in [1.807, 2.05) is 19.9 Å². The number of hydrogen-bond donors (Lipinski definition) is 1. The molecule has 0 saturated heterocycles. The lowest BCUT2D eigenvalue weighted by Crippen LogP contribution is -2.31. The summed E-state index contributed by atoms with van der Waals surface area (Å²) in [6, 6.07) is 6.36. The molecule has 0 radical (unpaired) electrons. The van der Waals surface area contributed by atoms with Gasteiger partial charge in [0.1, 0.15) is 6.54 Å². The van der Waals surface area contributed by atoms with Gasteiger partial charge in [-0.1, -0.05) is 41.4 Å². The van der Waals surface area contributed by atoms with Gasteiger partial charge in [0.05, 0.1) is 23.0 Å². The zero-order valence-corrected chi connectivity index (χ0v) is 16.8. The van der Waals surface area contributed by atoms with Crippen molar-refractivity contribution in [3.8, 4) is 0 Å². The largest absolute Gasteiger partial charge is 0.323 e. The molecule has 1 amide bonds. The molecule has 0 saturated carbocycles. The molecule has 2 aromatic heterocycles. The van der Waals surface area contributed by atoms with Gasteiger partial charge in [0.2, 0.25) is 5.91 Å². The number of hydrogen-bond acceptors (Lipinski definition) is 4. The molecule has 0 aliphatic carbocycles. The van der Waals surface area contributed by atoms with E-state index in [1.165, 1.54) is 6.20 Å². The molecule has 0 fully saturated rings. The normalized spacial score (nSPS) is 11.2. The first-order valence-corrected chi connectivity index (χ1v) is 9.24. The van der Waals surface area contributed by atoms with Crippen molar-refractivity contribution in [2.24, 2.45) is 0 Å². The van der Waals surface area contributed by atoms with Crippen LogP contribution in [-0.2, 0) is 11.3 Å². The van der Waals surface area contributed by atoms with E-state index in [2.05, 4.69) is 31.3 Å². The van der Waals surface area contributed by atoms with E-state index in [0.29, 0.717) is 11.1 Å². The minimum absolute atomic E-state index is 0.0475. The Labute approximate surface area is 167 Å². The summed E-state index contributed by atoms with van der Waals surface area (Å²) >= 11 is 8.92. The van der Waals surface area contributed by atoms with Crippen LogP contribution in [0, 0.1) is 5.82 Å². The highest BCUT2D eigenvalue weighted by molar-refractivity contribution is 9.10. The summed E-state index contributed by atoms with van der Waals surface area (Å²) in [7, 11) is 0. The summed E-state index contributed by atoms with van der Waals surface area (Å²) in [5.74, 6) is -1.23. The Morgan fingerprint density at radius 3 is 2.74 bits per heavy atom. The number of carbonyl (C=O) groups excluding carboxylic acids is 1. The molecule has 1 aromatic carbocycles. The summed E-state index contributed by atoms with van der Waals surface area (Å²) in [6.45, 7) is 3.61. The van der Waals surface area contributed by atoms with Gasteiger partial charge in [0.15, 0.2) is 11.0 Å². The van der Waals surface area contributed by atoms with Gasteiger partial charge in [-0.2, -0.15) is 5.10 Å². The number of benzene rings is 1.